The summed E-state index contributed by atoms with van der Waals surface area (Å²) >= 11 is 0. The Hall–Kier alpha value is -3.14. The van der Waals surface area contributed by atoms with Crippen LogP contribution in [0.4, 0.5) is 0 Å². The zero-order valence-electron chi connectivity index (χ0n) is 17.5. The van der Waals surface area contributed by atoms with Gasteiger partial charge in [0.05, 0.1) is 12.8 Å². The third kappa shape index (κ3) is 4.88. The maximum absolute atomic E-state index is 12.8. The van der Waals surface area contributed by atoms with E-state index in [9.17, 15) is 4.79 Å². The first-order valence-electron chi connectivity index (χ1n) is 10.7. The zero-order chi connectivity index (χ0) is 20.8. The summed E-state index contributed by atoms with van der Waals surface area (Å²) in [7, 11) is 1.67. The molecule has 0 radical (unpaired) electrons. The largest absolute Gasteiger partial charge is 0.497 e. The molecule has 0 saturated carbocycles. The van der Waals surface area contributed by atoms with E-state index in [2.05, 4.69) is 24.3 Å². The Morgan fingerprint density at radius 1 is 1.03 bits per heavy atom. The smallest absolute Gasteiger partial charge is 0.222 e. The summed E-state index contributed by atoms with van der Waals surface area (Å²) in [6, 6.07) is 24.4. The predicted octanol–water partition coefficient (Wildman–Crippen LogP) is 5.10. The van der Waals surface area contributed by atoms with Crippen LogP contribution in [0.25, 0.3) is 11.3 Å². The molecule has 4 rings (SSSR count). The van der Waals surface area contributed by atoms with E-state index in [0.717, 1.165) is 55.1 Å². The molecule has 2 heterocycles. The van der Waals surface area contributed by atoms with E-state index >= 15 is 0 Å². The van der Waals surface area contributed by atoms with Crippen molar-refractivity contribution in [2.45, 2.75) is 31.6 Å². The number of piperidine rings is 1. The van der Waals surface area contributed by atoms with Crippen molar-refractivity contribution in [2.75, 3.05) is 20.2 Å². The predicted molar refractivity (Wildman–Crippen MR) is 120 cm³/mol. The molecule has 1 fully saturated rings. The maximum atomic E-state index is 12.8. The third-order valence-electron chi connectivity index (χ3n) is 5.82. The van der Waals surface area contributed by atoms with Crippen molar-refractivity contribution in [3.8, 4) is 17.0 Å². The number of benzene rings is 2. The summed E-state index contributed by atoms with van der Waals surface area (Å²) in [6.07, 6.45) is 3.46. The minimum atomic E-state index is 0.245. The highest BCUT2D eigenvalue weighted by molar-refractivity contribution is 5.76. The lowest BCUT2D eigenvalue weighted by atomic mass is 9.93. The van der Waals surface area contributed by atoms with Gasteiger partial charge >= 0.3 is 0 Å². The van der Waals surface area contributed by atoms with Crippen LogP contribution in [0.3, 0.4) is 0 Å². The standard InChI is InChI=1S/C26H28N2O2/c1-30-23-15-13-21(14-16-23)24-10-5-11-25(27-24)22-9-6-18-28(19-22)26(29)17-12-20-7-3-2-4-8-20/h2-5,7-8,10-11,13-16,22H,6,9,12,17-19H2,1H3/t22-/m1/s1. The molecule has 0 spiro atoms. The molecule has 0 bridgehead atoms. The van der Waals surface area contributed by atoms with Crippen LogP contribution in [0.5, 0.6) is 5.75 Å². The molecule has 1 aliphatic heterocycles. The average molecular weight is 401 g/mol. The second-order valence-electron chi connectivity index (χ2n) is 7.84. The Morgan fingerprint density at radius 3 is 2.60 bits per heavy atom. The second kappa shape index (κ2) is 9.57. The van der Waals surface area contributed by atoms with Crippen LogP contribution in [0.15, 0.2) is 72.8 Å². The number of pyridine rings is 1. The van der Waals surface area contributed by atoms with Crippen molar-refractivity contribution in [1.82, 2.24) is 9.88 Å². The fourth-order valence-corrected chi connectivity index (χ4v) is 4.10. The molecule has 1 amide bonds. The number of nitrogens with zero attached hydrogens (tertiary/aromatic N) is 2. The summed E-state index contributed by atoms with van der Waals surface area (Å²) < 4.78 is 5.25. The van der Waals surface area contributed by atoms with Gasteiger partial charge in [0.2, 0.25) is 5.91 Å². The van der Waals surface area contributed by atoms with Crippen molar-refractivity contribution in [2.24, 2.45) is 0 Å². The Labute approximate surface area is 178 Å². The number of ether oxygens (including phenoxy) is 1. The van der Waals surface area contributed by atoms with Crippen LogP contribution in [-0.4, -0.2) is 36.0 Å². The zero-order valence-corrected chi connectivity index (χ0v) is 17.5. The van der Waals surface area contributed by atoms with Gasteiger partial charge in [0, 0.05) is 36.7 Å². The van der Waals surface area contributed by atoms with Crippen LogP contribution in [0, 0.1) is 0 Å². The number of hydrogen-bond donors (Lipinski definition) is 0. The SMILES string of the molecule is COc1ccc(-c2cccc([C@@H]3CCCN(C(=O)CCc4ccccc4)C3)n2)cc1. The molecule has 0 unspecified atom stereocenters. The number of carbonyl (C=O) groups excluding carboxylic acids is 1. The Kier molecular flexibility index (Phi) is 6.43. The molecule has 4 nitrogen and oxygen atoms in total. The summed E-state index contributed by atoms with van der Waals surface area (Å²) in [4.78, 5) is 19.7. The lowest BCUT2D eigenvalue weighted by molar-refractivity contribution is -0.132. The van der Waals surface area contributed by atoms with Crippen LogP contribution >= 0.6 is 0 Å². The third-order valence-corrected chi connectivity index (χ3v) is 5.82. The van der Waals surface area contributed by atoms with E-state index in [1.54, 1.807) is 7.11 Å². The van der Waals surface area contributed by atoms with Crippen LogP contribution in [-0.2, 0) is 11.2 Å². The molecule has 4 heteroatoms. The quantitative estimate of drug-likeness (QED) is 0.578. The summed E-state index contributed by atoms with van der Waals surface area (Å²) in [6.45, 7) is 1.61. The number of methoxy groups -OCH3 is 1. The Balaban J connectivity index is 1.42. The highest BCUT2D eigenvalue weighted by Crippen LogP contribution is 2.28. The number of likely N-dealkylation sites (tertiary alicyclic amines) is 1. The van der Waals surface area contributed by atoms with Crippen LogP contribution in [0.1, 0.15) is 36.4 Å². The molecule has 3 aromatic rings. The number of aryl methyl sites for hydroxylation is 1. The molecule has 154 valence electrons. The highest BCUT2D eigenvalue weighted by Gasteiger charge is 2.25. The van der Waals surface area contributed by atoms with Crippen molar-refractivity contribution in [3.05, 3.63) is 84.1 Å². The molecule has 1 aliphatic rings. The minimum Gasteiger partial charge on any atom is -0.497 e. The molecule has 0 aliphatic carbocycles. The maximum Gasteiger partial charge on any atom is 0.222 e. The Morgan fingerprint density at radius 2 is 1.83 bits per heavy atom. The first kappa shape index (κ1) is 20.1. The van der Waals surface area contributed by atoms with Crippen LogP contribution < -0.4 is 4.74 Å². The van der Waals surface area contributed by atoms with Gasteiger partial charge in [0.25, 0.3) is 0 Å². The average Bonchev–Trinajstić information content (AvgIpc) is 2.83. The lowest BCUT2D eigenvalue weighted by Crippen LogP contribution is -2.39. The fraction of sp³-hybridized carbons (Fsp3) is 0.308. The van der Waals surface area contributed by atoms with Gasteiger partial charge in [0.15, 0.2) is 0 Å². The van der Waals surface area contributed by atoms with E-state index in [0.29, 0.717) is 6.42 Å². The van der Waals surface area contributed by atoms with Gasteiger partial charge < -0.3 is 9.64 Å². The molecule has 1 atom stereocenters. The minimum absolute atomic E-state index is 0.245. The van der Waals surface area contributed by atoms with Crippen LogP contribution in [0.2, 0.25) is 0 Å². The lowest BCUT2D eigenvalue weighted by Gasteiger charge is -2.32. The van der Waals surface area contributed by atoms with Gasteiger partial charge in [-0.25, -0.2) is 0 Å². The first-order chi connectivity index (χ1) is 14.7. The number of carbonyl (C=O) groups is 1. The second-order valence-corrected chi connectivity index (χ2v) is 7.84. The topological polar surface area (TPSA) is 42.4 Å². The van der Waals surface area contributed by atoms with Gasteiger partial charge in [-0.1, -0.05) is 36.4 Å². The molecular formula is C26H28N2O2. The molecular weight excluding hydrogens is 372 g/mol. The molecule has 1 saturated heterocycles. The number of amides is 1. The van der Waals surface area contributed by atoms with Crippen molar-refractivity contribution in [3.63, 3.8) is 0 Å². The number of hydrogen-bond acceptors (Lipinski definition) is 3. The monoisotopic (exact) mass is 400 g/mol. The molecule has 1 aromatic heterocycles. The Bertz CT molecular complexity index is 970. The van der Waals surface area contributed by atoms with Crippen molar-refractivity contribution >= 4 is 5.91 Å². The van der Waals surface area contributed by atoms with E-state index in [-0.39, 0.29) is 11.8 Å². The number of rotatable bonds is 6. The summed E-state index contributed by atoms with van der Waals surface area (Å²) in [5.74, 6) is 1.37. The van der Waals surface area contributed by atoms with E-state index in [4.69, 9.17) is 9.72 Å². The molecule has 30 heavy (non-hydrogen) atoms. The van der Waals surface area contributed by atoms with E-state index in [1.807, 2.05) is 53.4 Å². The number of aromatic nitrogens is 1. The first-order valence-corrected chi connectivity index (χ1v) is 10.7. The summed E-state index contributed by atoms with van der Waals surface area (Å²) in [5.41, 5.74) is 4.32. The van der Waals surface area contributed by atoms with Gasteiger partial charge in [0.1, 0.15) is 5.75 Å². The normalized spacial score (nSPS) is 16.3. The van der Waals surface area contributed by atoms with Gasteiger partial charge in [-0.05, 0) is 61.2 Å². The van der Waals surface area contributed by atoms with Gasteiger partial charge in [-0.15, -0.1) is 0 Å². The van der Waals surface area contributed by atoms with Gasteiger partial charge in [-0.2, -0.15) is 0 Å². The van der Waals surface area contributed by atoms with Crippen molar-refractivity contribution in [1.29, 1.82) is 0 Å². The summed E-state index contributed by atoms with van der Waals surface area (Å²) in [5, 5.41) is 0. The highest BCUT2D eigenvalue weighted by atomic mass is 16.5. The van der Waals surface area contributed by atoms with E-state index in [1.165, 1.54) is 5.56 Å². The molecule has 0 N–H and O–H groups in total. The molecule has 2 aromatic carbocycles. The van der Waals surface area contributed by atoms with Gasteiger partial charge in [-0.3, -0.25) is 9.78 Å². The van der Waals surface area contributed by atoms with E-state index < -0.39 is 0 Å². The van der Waals surface area contributed by atoms with Crippen molar-refractivity contribution < 1.29 is 9.53 Å². The fourth-order valence-electron chi connectivity index (χ4n) is 4.10.